The van der Waals surface area contributed by atoms with E-state index in [0.717, 1.165) is 0 Å². The Balaban J connectivity index is 1.66. The van der Waals surface area contributed by atoms with Gasteiger partial charge < -0.3 is 20.5 Å². The number of halogens is 1. The third-order valence-corrected chi connectivity index (χ3v) is 3.89. The zero-order valence-corrected chi connectivity index (χ0v) is 12.8. The van der Waals surface area contributed by atoms with Gasteiger partial charge in [0.05, 0.1) is 12.1 Å². The summed E-state index contributed by atoms with van der Waals surface area (Å²) in [6.45, 7) is 0.295. The third kappa shape index (κ3) is 2.73. The average Bonchev–Trinajstić information content (AvgIpc) is 2.94. The van der Waals surface area contributed by atoms with Crippen LogP contribution in [0.5, 0.6) is 0 Å². The number of anilines is 1. The van der Waals surface area contributed by atoms with Gasteiger partial charge in [-0.3, -0.25) is 14.4 Å². The molecular formula is C16H15FN4O3. The molecule has 1 aliphatic heterocycles. The summed E-state index contributed by atoms with van der Waals surface area (Å²) in [7, 11) is 1.61. The quantitative estimate of drug-likeness (QED) is 0.795. The van der Waals surface area contributed by atoms with Crippen molar-refractivity contribution in [1.29, 1.82) is 0 Å². The van der Waals surface area contributed by atoms with E-state index in [0.29, 0.717) is 12.2 Å². The van der Waals surface area contributed by atoms with E-state index in [2.05, 4.69) is 5.32 Å². The highest BCUT2D eigenvalue weighted by Gasteiger charge is 2.39. The number of hydrogen-bond acceptors (Lipinski definition) is 3. The molecule has 1 aromatic heterocycles. The summed E-state index contributed by atoms with van der Waals surface area (Å²) in [5, 5.41) is 2.61. The lowest BCUT2D eigenvalue weighted by molar-refractivity contribution is -0.124. The van der Waals surface area contributed by atoms with E-state index in [9.17, 15) is 18.8 Å². The van der Waals surface area contributed by atoms with Gasteiger partial charge in [0.1, 0.15) is 17.6 Å². The van der Waals surface area contributed by atoms with Gasteiger partial charge in [-0.05, 0) is 30.3 Å². The minimum Gasteiger partial charge on any atom is -0.366 e. The SMILES string of the molecule is Cn1cc(C(N)=O)cc1C(=O)NC1CN(c2ccc(F)cc2)C1=O. The molecule has 3 rings (SSSR count). The first-order chi connectivity index (χ1) is 11.4. The lowest BCUT2D eigenvalue weighted by atomic mass is 10.1. The van der Waals surface area contributed by atoms with Crippen LogP contribution in [0.4, 0.5) is 10.1 Å². The smallest absolute Gasteiger partial charge is 0.268 e. The molecule has 1 unspecified atom stereocenters. The summed E-state index contributed by atoms with van der Waals surface area (Å²) in [5.41, 5.74) is 6.20. The van der Waals surface area contributed by atoms with Gasteiger partial charge in [0.2, 0.25) is 5.91 Å². The number of primary amides is 1. The Kier molecular flexibility index (Phi) is 3.80. The van der Waals surface area contributed by atoms with E-state index in [4.69, 9.17) is 5.73 Å². The number of carbonyl (C=O) groups excluding carboxylic acids is 3. The lowest BCUT2D eigenvalue weighted by Crippen LogP contribution is -2.64. The zero-order valence-electron chi connectivity index (χ0n) is 12.8. The molecule has 1 atom stereocenters. The van der Waals surface area contributed by atoms with Crippen LogP contribution in [0.25, 0.3) is 0 Å². The van der Waals surface area contributed by atoms with E-state index >= 15 is 0 Å². The van der Waals surface area contributed by atoms with Crippen LogP contribution in [0.15, 0.2) is 36.5 Å². The van der Waals surface area contributed by atoms with E-state index in [1.165, 1.54) is 46.0 Å². The molecular weight excluding hydrogens is 315 g/mol. The summed E-state index contributed by atoms with van der Waals surface area (Å²) >= 11 is 0. The number of amides is 3. The Morgan fingerprint density at radius 1 is 1.29 bits per heavy atom. The number of β-lactam (4-membered cyclic amide) rings is 1. The molecule has 1 saturated heterocycles. The van der Waals surface area contributed by atoms with Gasteiger partial charge in [-0.15, -0.1) is 0 Å². The van der Waals surface area contributed by atoms with E-state index < -0.39 is 17.9 Å². The number of nitrogens with two attached hydrogens (primary N) is 1. The van der Waals surface area contributed by atoms with Crippen LogP contribution in [-0.2, 0) is 11.8 Å². The summed E-state index contributed by atoms with van der Waals surface area (Å²) < 4.78 is 14.4. The van der Waals surface area contributed by atoms with Crippen LogP contribution in [0.2, 0.25) is 0 Å². The predicted octanol–water partition coefficient (Wildman–Crippen LogP) is 0.408. The number of aromatic nitrogens is 1. The Labute approximate surface area is 136 Å². The maximum atomic E-state index is 12.9. The van der Waals surface area contributed by atoms with Crippen molar-refractivity contribution in [3.05, 3.63) is 53.6 Å². The largest absolute Gasteiger partial charge is 0.366 e. The van der Waals surface area contributed by atoms with Gasteiger partial charge in [-0.25, -0.2) is 4.39 Å². The molecule has 0 saturated carbocycles. The molecule has 1 fully saturated rings. The molecule has 3 amide bonds. The van der Waals surface area contributed by atoms with Gasteiger partial charge >= 0.3 is 0 Å². The third-order valence-electron chi connectivity index (χ3n) is 3.89. The minimum atomic E-state index is -0.658. The second-order valence-corrected chi connectivity index (χ2v) is 5.54. The molecule has 24 heavy (non-hydrogen) atoms. The second kappa shape index (κ2) is 5.80. The number of benzene rings is 1. The fourth-order valence-electron chi connectivity index (χ4n) is 2.54. The first kappa shape index (κ1) is 15.7. The maximum Gasteiger partial charge on any atom is 0.268 e. The summed E-state index contributed by atoms with van der Waals surface area (Å²) in [6.07, 6.45) is 1.45. The second-order valence-electron chi connectivity index (χ2n) is 5.54. The van der Waals surface area contributed by atoms with Gasteiger partial charge in [0.25, 0.3) is 11.8 Å². The van der Waals surface area contributed by atoms with Crippen LogP contribution in [0, 0.1) is 5.82 Å². The topological polar surface area (TPSA) is 97.4 Å². The molecule has 1 aromatic carbocycles. The summed E-state index contributed by atoms with van der Waals surface area (Å²) in [6, 6.07) is 6.25. The van der Waals surface area contributed by atoms with Gasteiger partial charge in [0.15, 0.2) is 0 Å². The molecule has 0 bridgehead atoms. The fourth-order valence-corrected chi connectivity index (χ4v) is 2.54. The first-order valence-corrected chi connectivity index (χ1v) is 7.21. The summed E-state index contributed by atoms with van der Waals surface area (Å²) in [5.74, 6) is -1.77. The van der Waals surface area contributed by atoms with Crippen molar-refractivity contribution >= 4 is 23.4 Å². The predicted molar refractivity (Wildman–Crippen MR) is 83.9 cm³/mol. The van der Waals surface area contributed by atoms with E-state index in [1.807, 2.05) is 0 Å². The minimum absolute atomic E-state index is 0.218. The highest BCUT2D eigenvalue weighted by molar-refractivity contribution is 6.07. The number of nitrogens with zero attached hydrogens (tertiary/aromatic N) is 2. The van der Waals surface area contributed by atoms with Crippen molar-refractivity contribution in [2.45, 2.75) is 6.04 Å². The molecule has 124 valence electrons. The molecule has 2 aromatic rings. The number of carbonyl (C=O) groups is 3. The highest BCUT2D eigenvalue weighted by Crippen LogP contribution is 2.22. The molecule has 2 heterocycles. The first-order valence-electron chi connectivity index (χ1n) is 7.21. The van der Waals surface area contributed by atoms with E-state index in [1.54, 1.807) is 7.05 Å². The zero-order chi connectivity index (χ0) is 17.4. The van der Waals surface area contributed by atoms with Crippen molar-refractivity contribution in [1.82, 2.24) is 9.88 Å². The summed E-state index contributed by atoms with van der Waals surface area (Å²) in [4.78, 5) is 37.0. The highest BCUT2D eigenvalue weighted by atomic mass is 19.1. The monoisotopic (exact) mass is 330 g/mol. The van der Waals surface area contributed by atoms with Crippen molar-refractivity contribution in [3.63, 3.8) is 0 Å². The number of nitrogens with one attached hydrogen (secondary N) is 1. The Hall–Kier alpha value is -3.16. The molecule has 7 nitrogen and oxygen atoms in total. The number of rotatable bonds is 4. The normalized spacial score (nSPS) is 16.7. The van der Waals surface area contributed by atoms with Crippen LogP contribution in [-0.4, -0.2) is 34.9 Å². The molecule has 0 spiro atoms. The molecule has 8 heteroatoms. The van der Waals surface area contributed by atoms with Crippen molar-refractivity contribution in [2.24, 2.45) is 12.8 Å². The van der Waals surface area contributed by atoms with Gasteiger partial charge in [-0.1, -0.05) is 0 Å². The van der Waals surface area contributed by atoms with E-state index in [-0.39, 0.29) is 23.0 Å². The van der Waals surface area contributed by atoms with Gasteiger partial charge in [-0.2, -0.15) is 0 Å². The molecule has 1 aliphatic rings. The van der Waals surface area contributed by atoms with Gasteiger partial charge in [0, 0.05) is 18.9 Å². The molecule has 0 aliphatic carbocycles. The lowest BCUT2D eigenvalue weighted by Gasteiger charge is -2.38. The molecule has 3 N–H and O–H groups in total. The van der Waals surface area contributed by atoms with Crippen molar-refractivity contribution < 1.29 is 18.8 Å². The van der Waals surface area contributed by atoms with Crippen molar-refractivity contribution in [2.75, 3.05) is 11.4 Å². The van der Waals surface area contributed by atoms with Crippen LogP contribution in [0.1, 0.15) is 20.8 Å². The van der Waals surface area contributed by atoms with Crippen LogP contribution >= 0.6 is 0 Å². The number of hydrogen-bond donors (Lipinski definition) is 2. The Morgan fingerprint density at radius 2 is 1.96 bits per heavy atom. The average molecular weight is 330 g/mol. The molecule has 0 radical (unpaired) electrons. The maximum absolute atomic E-state index is 12.9. The Bertz CT molecular complexity index is 828. The fraction of sp³-hybridized carbons (Fsp3) is 0.188. The van der Waals surface area contributed by atoms with Crippen molar-refractivity contribution in [3.8, 4) is 0 Å². The number of aryl methyl sites for hydroxylation is 1. The standard InChI is InChI=1S/C16H15FN4O3/c1-20-7-9(14(18)22)6-13(20)15(23)19-12-8-21(16(12)24)11-4-2-10(17)3-5-11/h2-7,12H,8H2,1H3,(H2,18,22)(H,19,23). The van der Waals surface area contributed by atoms with Crippen LogP contribution in [0.3, 0.4) is 0 Å². The Morgan fingerprint density at radius 3 is 2.50 bits per heavy atom. The van der Waals surface area contributed by atoms with Crippen LogP contribution < -0.4 is 16.0 Å².